The first-order valence-electron chi connectivity index (χ1n) is 9.45. The van der Waals surface area contributed by atoms with Crippen molar-refractivity contribution in [3.05, 3.63) is 95.2 Å². The maximum absolute atomic E-state index is 4.88. The number of hydrogen-bond donors (Lipinski definition) is 1. The SMILES string of the molecule is Cc1cccc(C2c3[nH]c4ccccc4c3CCN2Cc2cccnc2)n1. The number of aromatic nitrogens is 3. The Balaban J connectivity index is 1.64. The summed E-state index contributed by atoms with van der Waals surface area (Å²) in [6.07, 6.45) is 4.83. The molecule has 134 valence electrons. The lowest BCUT2D eigenvalue weighted by molar-refractivity contribution is 0.198. The second-order valence-corrected chi connectivity index (χ2v) is 7.25. The largest absolute Gasteiger partial charge is 0.357 e. The lowest BCUT2D eigenvalue weighted by Crippen LogP contribution is -2.36. The molecule has 1 atom stereocenters. The number of pyridine rings is 2. The summed E-state index contributed by atoms with van der Waals surface area (Å²) in [6.45, 7) is 3.93. The van der Waals surface area contributed by atoms with Gasteiger partial charge >= 0.3 is 0 Å². The van der Waals surface area contributed by atoms with Gasteiger partial charge in [0.05, 0.1) is 11.7 Å². The van der Waals surface area contributed by atoms with Crippen LogP contribution >= 0.6 is 0 Å². The number of benzene rings is 1. The van der Waals surface area contributed by atoms with E-state index in [1.165, 1.54) is 27.7 Å². The van der Waals surface area contributed by atoms with Crippen LogP contribution in [-0.2, 0) is 13.0 Å². The number of fused-ring (bicyclic) bond motifs is 3. The Morgan fingerprint density at radius 2 is 2.00 bits per heavy atom. The number of hydrogen-bond acceptors (Lipinski definition) is 3. The van der Waals surface area contributed by atoms with E-state index in [9.17, 15) is 0 Å². The molecule has 5 rings (SSSR count). The molecule has 3 aromatic heterocycles. The van der Waals surface area contributed by atoms with Crippen molar-refractivity contribution in [2.45, 2.75) is 25.9 Å². The molecule has 1 aliphatic rings. The van der Waals surface area contributed by atoms with Crippen LogP contribution in [0, 0.1) is 6.92 Å². The maximum Gasteiger partial charge on any atom is 0.0933 e. The molecule has 4 heteroatoms. The molecule has 0 aliphatic carbocycles. The highest BCUT2D eigenvalue weighted by Gasteiger charge is 2.32. The van der Waals surface area contributed by atoms with E-state index in [1.54, 1.807) is 0 Å². The zero-order chi connectivity index (χ0) is 18.2. The summed E-state index contributed by atoms with van der Waals surface area (Å²) in [4.78, 5) is 15.4. The quantitative estimate of drug-likeness (QED) is 0.592. The molecule has 0 bridgehead atoms. The van der Waals surface area contributed by atoms with Gasteiger partial charge in [0.2, 0.25) is 0 Å². The van der Waals surface area contributed by atoms with Gasteiger partial charge in [-0.15, -0.1) is 0 Å². The Bertz CT molecular complexity index is 1080. The van der Waals surface area contributed by atoms with E-state index in [0.717, 1.165) is 30.9 Å². The zero-order valence-corrected chi connectivity index (χ0v) is 15.4. The monoisotopic (exact) mass is 354 g/mol. The van der Waals surface area contributed by atoms with Crippen LogP contribution in [-0.4, -0.2) is 26.4 Å². The molecule has 0 saturated carbocycles. The third-order valence-corrected chi connectivity index (χ3v) is 5.43. The van der Waals surface area contributed by atoms with E-state index in [1.807, 2.05) is 18.5 Å². The molecule has 1 N–H and O–H groups in total. The standard InChI is InChI=1S/C23H22N4/c1-16-6-4-10-21(25-16)23-22-19(18-8-2-3-9-20(18)26-22)11-13-27(23)15-17-7-5-12-24-14-17/h2-10,12,14,23,26H,11,13,15H2,1H3. The van der Waals surface area contributed by atoms with E-state index >= 15 is 0 Å². The third-order valence-electron chi connectivity index (χ3n) is 5.43. The Hall–Kier alpha value is -2.98. The molecular weight excluding hydrogens is 332 g/mol. The number of H-pyrrole nitrogens is 1. The second kappa shape index (κ2) is 6.63. The van der Waals surface area contributed by atoms with E-state index in [-0.39, 0.29) is 6.04 Å². The molecule has 4 aromatic rings. The van der Waals surface area contributed by atoms with Crippen molar-refractivity contribution < 1.29 is 0 Å². The van der Waals surface area contributed by atoms with Crippen LogP contribution in [0.15, 0.2) is 67.0 Å². The molecular formula is C23H22N4. The van der Waals surface area contributed by atoms with Gasteiger partial charge in [-0.25, -0.2) is 0 Å². The molecule has 1 unspecified atom stereocenters. The molecule has 1 aromatic carbocycles. The molecule has 4 nitrogen and oxygen atoms in total. The smallest absolute Gasteiger partial charge is 0.0933 e. The van der Waals surface area contributed by atoms with Crippen LogP contribution in [0.5, 0.6) is 0 Å². The fraction of sp³-hybridized carbons (Fsp3) is 0.217. The number of nitrogens with zero attached hydrogens (tertiary/aromatic N) is 3. The van der Waals surface area contributed by atoms with E-state index in [0.29, 0.717) is 0 Å². The van der Waals surface area contributed by atoms with E-state index < -0.39 is 0 Å². The van der Waals surface area contributed by atoms with Gasteiger partial charge in [-0.1, -0.05) is 30.3 Å². The van der Waals surface area contributed by atoms with Crippen LogP contribution in [0.2, 0.25) is 0 Å². The Morgan fingerprint density at radius 3 is 2.85 bits per heavy atom. The molecule has 27 heavy (non-hydrogen) atoms. The normalized spacial score (nSPS) is 17.1. The van der Waals surface area contributed by atoms with Crippen LogP contribution in [0.3, 0.4) is 0 Å². The van der Waals surface area contributed by atoms with E-state index in [2.05, 4.69) is 70.3 Å². The van der Waals surface area contributed by atoms with Crippen molar-refractivity contribution in [1.82, 2.24) is 19.9 Å². The molecule has 1 aliphatic heterocycles. The highest BCUT2D eigenvalue weighted by atomic mass is 15.2. The average molecular weight is 354 g/mol. The third kappa shape index (κ3) is 2.92. The summed E-state index contributed by atoms with van der Waals surface area (Å²) < 4.78 is 0. The van der Waals surface area contributed by atoms with Crippen molar-refractivity contribution in [1.29, 1.82) is 0 Å². The summed E-state index contributed by atoms with van der Waals surface area (Å²) in [5.74, 6) is 0. The number of rotatable bonds is 3. The molecule has 0 spiro atoms. The topological polar surface area (TPSA) is 44.8 Å². The predicted octanol–water partition coefficient (Wildman–Crippen LogP) is 4.41. The lowest BCUT2D eigenvalue weighted by atomic mass is 9.94. The van der Waals surface area contributed by atoms with Crippen molar-refractivity contribution in [2.75, 3.05) is 6.54 Å². The molecule has 0 fully saturated rings. The highest BCUT2D eigenvalue weighted by molar-refractivity contribution is 5.85. The van der Waals surface area contributed by atoms with Crippen LogP contribution in [0.4, 0.5) is 0 Å². The van der Waals surface area contributed by atoms with Gasteiger partial charge in [0.25, 0.3) is 0 Å². The van der Waals surface area contributed by atoms with Crippen molar-refractivity contribution in [3.63, 3.8) is 0 Å². The summed E-state index contributed by atoms with van der Waals surface area (Å²) >= 11 is 0. The number of aromatic amines is 1. The average Bonchev–Trinajstić information content (AvgIpc) is 3.07. The lowest BCUT2D eigenvalue weighted by Gasteiger charge is -2.35. The van der Waals surface area contributed by atoms with Gasteiger partial charge in [-0.05, 0) is 48.7 Å². The predicted molar refractivity (Wildman–Crippen MR) is 107 cm³/mol. The van der Waals surface area contributed by atoms with Crippen LogP contribution in [0.1, 0.15) is 34.3 Å². The Labute approximate surface area is 158 Å². The van der Waals surface area contributed by atoms with Crippen molar-refractivity contribution in [3.8, 4) is 0 Å². The fourth-order valence-electron chi connectivity index (χ4n) is 4.24. The highest BCUT2D eigenvalue weighted by Crippen LogP contribution is 2.38. The minimum absolute atomic E-state index is 0.126. The molecule has 0 saturated heterocycles. The van der Waals surface area contributed by atoms with Gasteiger partial charge in [-0.2, -0.15) is 0 Å². The first-order chi connectivity index (χ1) is 13.3. The first kappa shape index (κ1) is 16.2. The first-order valence-corrected chi connectivity index (χ1v) is 9.45. The van der Waals surface area contributed by atoms with Gasteiger partial charge in [-0.3, -0.25) is 14.9 Å². The fourth-order valence-corrected chi connectivity index (χ4v) is 4.24. The van der Waals surface area contributed by atoms with Crippen molar-refractivity contribution >= 4 is 10.9 Å². The van der Waals surface area contributed by atoms with E-state index in [4.69, 9.17) is 4.98 Å². The van der Waals surface area contributed by atoms with Gasteiger partial charge in [0.15, 0.2) is 0 Å². The number of nitrogens with one attached hydrogen (secondary N) is 1. The Kier molecular flexibility index (Phi) is 3.98. The zero-order valence-electron chi connectivity index (χ0n) is 15.4. The van der Waals surface area contributed by atoms with Gasteiger partial charge in [0, 0.05) is 47.8 Å². The molecule has 4 heterocycles. The Morgan fingerprint density at radius 1 is 1.07 bits per heavy atom. The minimum atomic E-state index is 0.126. The summed E-state index contributed by atoms with van der Waals surface area (Å²) in [7, 11) is 0. The van der Waals surface area contributed by atoms with Crippen LogP contribution in [0.25, 0.3) is 10.9 Å². The van der Waals surface area contributed by atoms with Crippen LogP contribution < -0.4 is 0 Å². The summed E-state index contributed by atoms with van der Waals surface area (Å²) in [5.41, 5.74) is 7.31. The minimum Gasteiger partial charge on any atom is -0.357 e. The summed E-state index contributed by atoms with van der Waals surface area (Å²) in [5, 5.41) is 1.34. The molecule has 0 radical (unpaired) electrons. The second-order valence-electron chi connectivity index (χ2n) is 7.25. The van der Waals surface area contributed by atoms with Gasteiger partial charge < -0.3 is 4.98 Å². The number of para-hydroxylation sites is 1. The maximum atomic E-state index is 4.88. The molecule has 0 amide bonds. The van der Waals surface area contributed by atoms with Crippen molar-refractivity contribution in [2.24, 2.45) is 0 Å². The van der Waals surface area contributed by atoms with Gasteiger partial charge in [0.1, 0.15) is 0 Å². The summed E-state index contributed by atoms with van der Waals surface area (Å²) in [6, 6.07) is 19.2. The number of aryl methyl sites for hydroxylation is 1.